The van der Waals surface area contributed by atoms with Crippen molar-refractivity contribution in [3.63, 3.8) is 0 Å². The molecular weight excluding hydrogens is 332 g/mol. The van der Waals surface area contributed by atoms with Crippen molar-refractivity contribution < 1.29 is 14.1 Å². The molecule has 7 heteroatoms. The van der Waals surface area contributed by atoms with E-state index >= 15 is 0 Å². The number of amides is 1. The summed E-state index contributed by atoms with van der Waals surface area (Å²) in [6.07, 6.45) is 4.04. The molecule has 0 aliphatic carbocycles. The van der Waals surface area contributed by atoms with Crippen molar-refractivity contribution in [2.24, 2.45) is 0 Å². The first-order chi connectivity index (χ1) is 12.7. The molecule has 0 aromatic carbocycles. The van der Waals surface area contributed by atoms with E-state index in [9.17, 15) is 4.79 Å². The molecule has 26 heavy (non-hydrogen) atoms. The van der Waals surface area contributed by atoms with E-state index in [4.69, 9.17) is 9.26 Å². The van der Waals surface area contributed by atoms with Crippen LogP contribution in [-0.4, -0.2) is 45.1 Å². The first-order valence-electron chi connectivity index (χ1n) is 8.46. The van der Waals surface area contributed by atoms with Crippen LogP contribution in [0.3, 0.4) is 0 Å². The number of aromatic nitrogens is 3. The normalized spacial score (nSPS) is 16.7. The third kappa shape index (κ3) is 3.42. The van der Waals surface area contributed by atoms with E-state index < -0.39 is 0 Å². The zero-order valence-electron chi connectivity index (χ0n) is 14.3. The second-order valence-electron chi connectivity index (χ2n) is 6.22. The molecule has 132 valence electrons. The lowest BCUT2D eigenvalue weighted by atomic mass is 10.2. The van der Waals surface area contributed by atoms with Gasteiger partial charge in [-0.1, -0.05) is 11.2 Å². The molecule has 0 radical (unpaired) electrons. The average Bonchev–Trinajstić information content (AvgIpc) is 3.32. The molecule has 1 aliphatic heterocycles. The molecule has 1 saturated heterocycles. The van der Waals surface area contributed by atoms with E-state index in [-0.39, 0.29) is 17.7 Å². The largest absolute Gasteiger partial charge is 0.472 e. The Morgan fingerprint density at radius 3 is 3.04 bits per heavy atom. The Morgan fingerprint density at radius 2 is 2.23 bits per heavy atom. The molecule has 1 fully saturated rings. The van der Waals surface area contributed by atoms with Gasteiger partial charge in [0.1, 0.15) is 6.10 Å². The number of hydrogen-bond acceptors (Lipinski definition) is 6. The molecule has 3 aromatic heterocycles. The third-order valence-corrected chi connectivity index (χ3v) is 4.26. The van der Waals surface area contributed by atoms with Crippen molar-refractivity contribution in [2.45, 2.75) is 19.4 Å². The van der Waals surface area contributed by atoms with Crippen LogP contribution in [0.25, 0.3) is 11.3 Å². The van der Waals surface area contributed by atoms with Crippen LogP contribution in [0.5, 0.6) is 5.88 Å². The minimum atomic E-state index is -0.160. The van der Waals surface area contributed by atoms with Crippen LogP contribution in [0.1, 0.15) is 22.6 Å². The Balaban J connectivity index is 1.41. The summed E-state index contributed by atoms with van der Waals surface area (Å²) in [6.45, 7) is 3.04. The van der Waals surface area contributed by atoms with Crippen molar-refractivity contribution in [1.82, 2.24) is 20.0 Å². The summed E-state index contributed by atoms with van der Waals surface area (Å²) in [5, 5.41) is 3.91. The highest BCUT2D eigenvalue weighted by Gasteiger charge is 2.30. The fourth-order valence-corrected chi connectivity index (χ4v) is 2.95. The lowest BCUT2D eigenvalue weighted by molar-refractivity contribution is 0.0761. The molecule has 1 atom stereocenters. The first-order valence-corrected chi connectivity index (χ1v) is 8.46. The topological polar surface area (TPSA) is 81.4 Å². The quantitative estimate of drug-likeness (QED) is 0.720. The van der Waals surface area contributed by atoms with Gasteiger partial charge in [0.2, 0.25) is 5.88 Å². The van der Waals surface area contributed by atoms with Gasteiger partial charge in [0.15, 0.2) is 11.5 Å². The van der Waals surface area contributed by atoms with Gasteiger partial charge in [-0.05, 0) is 25.1 Å². The van der Waals surface area contributed by atoms with E-state index in [2.05, 4.69) is 15.1 Å². The maximum atomic E-state index is 12.7. The lowest BCUT2D eigenvalue weighted by Gasteiger charge is -2.15. The van der Waals surface area contributed by atoms with Gasteiger partial charge in [-0.25, -0.2) is 4.98 Å². The van der Waals surface area contributed by atoms with Crippen molar-refractivity contribution >= 4 is 5.91 Å². The number of pyridine rings is 2. The highest BCUT2D eigenvalue weighted by atomic mass is 16.5. The van der Waals surface area contributed by atoms with Crippen LogP contribution in [-0.2, 0) is 0 Å². The first kappa shape index (κ1) is 16.3. The number of carbonyl (C=O) groups is 1. The number of rotatable bonds is 4. The fraction of sp³-hybridized carbons (Fsp3) is 0.263. The second kappa shape index (κ2) is 6.95. The van der Waals surface area contributed by atoms with Crippen LogP contribution in [0.2, 0.25) is 0 Å². The Kier molecular flexibility index (Phi) is 4.35. The van der Waals surface area contributed by atoms with Crippen molar-refractivity contribution in [3.05, 3.63) is 60.2 Å². The minimum absolute atomic E-state index is 0.0713. The Bertz CT molecular complexity index is 910. The number of aryl methyl sites for hydroxylation is 1. The van der Waals surface area contributed by atoms with E-state index in [0.717, 1.165) is 17.7 Å². The van der Waals surface area contributed by atoms with E-state index in [1.54, 1.807) is 29.4 Å². The highest BCUT2D eigenvalue weighted by Crippen LogP contribution is 2.22. The van der Waals surface area contributed by atoms with Crippen molar-refractivity contribution in [1.29, 1.82) is 0 Å². The summed E-state index contributed by atoms with van der Waals surface area (Å²) in [5.74, 6) is 0.953. The van der Waals surface area contributed by atoms with E-state index in [1.165, 1.54) is 0 Å². The number of carbonyl (C=O) groups excluding carboxylic acids is 1. The molecular formula is C19H18N4O3. The maximum Gasteiger partial charge on any atom is 0.276 e. The molecule has 0 spiro atoms. The monoisotopic (exact) mass is 350 g/mol. The predicted molar refractivity (Wildman–Crippen MR) is 93.6 cm³/mol. The van der Waals surface area contributed by atoms with Crippen molar-refractivity contribution in [2.75, 3.05) is 13.1 Å². The second-order valence-corrected chi connectivity index (χ2v) is 6.22. The standard InChI is InChI=1S/C19H18N4O3/c1-13-4-2-6-18(21-13)25-15-7-9-23(12-15)19(24)16-10-17(26-22-16)14-5-3-8-20-11-14/h2-6,8,10-11,15H,7,9,12H2,1H3. The van der Waals surface area contributed by atoms with Gasteiger partial charge >= 0.3 is 0 Å². The lowest BCUT2D eigenvalue weighted by Crippen LogP contribution is -2.31. The average molecular weight is 350 g/mol. The fourth-order valence-electron chi connectivity index (χ4n) is 2.95. The third-order valence-electron chi connectivity index (χ3n) is 4.26. The summed E-state index contributed by atoms with van der Waals surface area (Å²) >= 11 is 0. The maximum absolute atomic E-state index is 12.7. The van der Waals surface area contributed by atoms with Crippen molar-refractivity contribution in [3.8, 4) is 17.2 Å². The number of hydrogen-bond donors (Lipinski definition) is 0. The van der Waals surface area contributed by atoms with Gasteiger partial charge < -0.3 is 14.2 Å². The molecule has 7 nitrogen and oxygen atoms in total. The molecule has 0 bridgehead atoms. The molecule has 4 rings (SSSR count). The number of nitrogens with zero attached hydrogens (tertiary/aromatic N) is 4. The Morgan fingerprint density at radius 1 is 1.31 bits per heavy atom. The predicted octanol–water partition coefficient (Wildman–Crippen LogP) is 2.73. The molecule has 1 unspecified atom stereocenters. The smallest absolute Gasteiger partial charge is 0.276 e. The molecule has 4 heterocycles. The van der Waals surface area contributed by atoms with Gasteiger partial charge in [-0.3, -0.25) is 9.78 Å². The van der Waals surface area contributed by atoms with E-state index in [1.807, 2.05) is 31.2 Å². The van der Waals surface area contributed by atoms with Gasteiger partial charge in [0, 0.05) is 48.7 Å². The Hall–Kier alpha value is -3.22. The van der Waals surface area contributed by atoms with Gasteiger partial charge in [-0.15, -0.1) is 0 Å². The van der Waals surface area contributed by atoms with Crippen LogP contribution in [0.4, 0.5) is 0 Å². The number of likely N-dealkylation sites (tertiary alicyclic amines) is 1. The molecule has 1 amide bonds. The summed E-state index contributed by atoms with van der Waals surface area (Å²) in [4.78, 5) is 22.8. The van der Waals surface area contributed by atoms with Crippen LogP contribution < -0.4 is 4.74 Å². The van der Waals surface area contributed by atoms with E-state index in [0.29, 0.717) is 24.7 Å². The molecule has 3 aromatic rings. The van der Waals surface area contributed by atoms with Crippen LogP contribution in [0, 0.1) is 6.92 Å². The SMILES string of the molecule is Cc1cccc(OC2CCN(C(=O)c3cc(-c4cccnc4)on3)C2)n1. The summed E-state index contributed by atoms with van der Waals surface area (Å²) < 4.78 is 11.2. The van der Waals surface area contributed by atoms with Crippen LogP contribution in [0.15, 0.2) is 53.3 Å². The molecule has 0 saturated carbocycles. The highest BCUT2D eigenvalue weighted by molar-refractivity contribution is 5.93. The summed E-state index contributed by atoms with van der Waals surface area (Å²) in [5.41, 5.74) is 1.98. The zero-order chi connectivity index (χ0) is 17.9. The van der Waals surface area contributed by atoms with Crippen LogP contribution >= 0.6 is 0 Å². The zero-order valence-corrected chi connectivity index (χ0v) is 14.3. The molecule has 0 N–H and O–H groups in total. The van der Waals surface area contributed by atoms with Gasteiger partial charge in [0.05, 0.1) is 6.54 Å². The van der Waals surface area contributed by atoms with Gasteiger partial charge in [0.25, 0.3) is 5.91 Å². The Labute approximate surface area is 150 Å². The van der Waals surface area contributed by atoms with Gasteiger partial charge in [-0.2, -0.15) is 0 Å². The summed E-state index contributed by atoms with van der Waals surface area (Å²) in [7, 11) is 0. The summed E-state index contributed by atoms with van der Waals surface area (Å²) in [6, 6.07) is 11.0. The number of ether oxygens (including phenoxy) is 1. The molecule has 1 aliphatic rings. The minimum Gasteiger partial charge on any atom is -0.472 e.